The molecule has 8 nitrogen and oxygen atoms in total. The van der Waals surface area contributed by atoms with E-state index >= 15 is 0 Å². The number of fused-ring (bicyclic) bond motifs is 2. The zero-order chi connectivity index (χ0) is 27.2. The van der Waals surface area contributed by atoms with Crippen LogP contribution in [0.25, 0.3) is 32.0 Å². The molecule has 8 heteroatoms. The van der Waals surface area contributed by atoms with Gasteiger partial charge in [-0.25, -0.2) is 0 Å². The topological polar surface area (TPSA) is 114 Å². The Hall–Kier alpha value is -5.04. The van der Waals surface area contributed by atoms with Crippen LogP contribution in [-0.4, -0.2) is 23.7 Å². The van der Waals surface area contributed by atoms with E-state index < -0.39 is 18.1 Å². The van der Waals surface area contributed by atoms with Gasteiger partial charge < -0.3 is 19.3 Å². The summed E-state index contributed by atoms with van der Waals surface area (Å²) < 4.78 is 17.5. The van der Waals surface area contributed by atoms with Crippen LogP contribution in [0.4, 0.5) is 0 Å². The maximum absolute atomic E-state index is 12.4. The minimum Gasteiger partial charge on any atom is -0.466 e. The third kappa shape index (κ3) is 5.78. The number of hydrogen-bond donors (Lipinski definition) is 1. The second-order valence-electron chi connectivity index (χ2n) is 8.77. The van der Waals surface area contributed by atoms with E-state index in [4.69, 9.17) is 19.7 Å². The fraction of sp³-hybridized carbons (Fsp3) is 0.129. The van der Waals surface area contributed by atoms with Gasteiger partial charge in [-0.1, -0.05) is 71.8 Å². The lowest BCUT2D eigenvalue weighted by Crippen LogP contribution is -2.28. The van der Waals surface area contributed by atoms with Crippen LogP contribution in [0.3, 0.4) is 0 Å². The Morgan fingerprint density at radius 1 is 0.795 bits per heavy atom. The summed E-state index contributed by atoms with van der Waals surface area (Å²) in [5.74, 6) is 1.03. The summed E-state index contributed by atoms with van der Waals surface area (Å²) in [6, 6.07) is 30.6. The van der Waals surface area contributed by atoms with E-state index in [2.05, 4.69) is 10.0 Å². The number of carbonyl (C=O) groups excluding carboxylic acids is 1. The number of esters is 1. The minimum atomic E-state index is -1.46. The highest BCUT2D eigenvalue weighted by Gasteiger charge is 2.29. The van der Waals surface area contributed by atoms with Crippen LogP contribution in [-0.2, 0) is 9.53 Å². The predicted molar refractivity (Wildman–Crippen MR) is 149 cm³/mol. The number of nitrogens with zero attached hydrogens (tertiary/aromatic N) is 3. The smallest absolute Gasteiger partial charge is 0.317 e. The number of ether oxygens (including phenoxy) is 3. The molecule has 5 rings (SSSR count). The van der Waals surface area contributed by atoms with Crippen LogP contribution in [0.2, 0.25) is 0 Å². The lowest BCUT2D eigenvalue weighted by atomic mass is 10.0. The molecule has 0 heterocycles. The van der Waals surface area contributed by atoms with Crippen LogP contribution < -0.4 is 9.47 Å². The molecule has 0 fully saturated rings. The molecule has 5 aromatic rings. The van der Waals surface area contributed by atoms with Crippen molar-refractivity contribution in [2.24, 2.45) is 5.11 Å². The fourth-order valence-corrected chi connectivity index (χ4v) is 4.29. The Kier molecular flexibility index (Phi) is 7.59. The van der Waals surface area contributed by atoms with E-state index in [0.717, 1.165) is 21.5 Å². The first-order valence-corrected chi connectivity index (χ1v) is 12.4. The van der Waals surface area contributed by atoms with Crippen molar-refractivity contribution in [3.63, 3.8) is 0 Å². The number of benzene rings is 5. The second kappa shape index (κ2) is 11.6. The zero-order valence-electron chi connectivity index (χ0n) is 21.1. The summed E-state index contributed by atoms with van der Waals surface area (Å²) >= 11 is 0. The van der Waals surface area contributed by atoms with Gasteiger partial charge in [0.1, 0.15) is 11.5 Å². The molecule has 0 aliphatic carbocycles. The van der Waals surface area contributed by atoms with Crippen LogP contribution in [0, 0.1) is 0 Å². The average Bonchev–Trinajstić information content (AvgIpc) is 2.96. The molecule has 0 spiro atoms. The van der Waals surface area contributed by atoms with Gasteiger partial charge in [0.15, 0.2) is 17.5 Å². The van der Waals surface area contributed by atoms with E-state index in [0.29, 0.717) is 28.6 Å². The van der Waals surface area contributed by atoms with Crippen molar-refractivity contribution >= 4 is 27.5 Å². The molecular weight excluding hydrogens is 494 g/mol. The van der Waals surface area contributed by atoms with Crippen molar-refractivity contribution in [3.8, 4) is 23.0 Å². The molecule has 0 saturated carbocycles. The summed E-state index contributed by atoms with van der Waals surface area (Å²) in [5.41, 5.74) is 9.26. The van der Waals surface area contributed by atoms with E-state index in [1.165, 1.54) is 0 Å². The van der Waals surface area contributed by atoms with E-state index in [-0.39, 0.29) is 6.61 Å². The summed E-state index contributed by atoms with van der Waals surface area (Å²) in [6.45, 7) is 1.71. The third-order valence-corrected chi connectivity index (χ3v) is 6.21. The molecule has 1 N–H and O–H groups in total. The van der Waals surface area contributed by atoms with Gasteiger partial charge in [-0.05, 0) is 76.0 Å². The fourth-order valence-electron chi connectivity index (χ4n) is 4.29. The molecule has 2 unspecified atom stereocenters. The Labute approximate surface area is 224 Å². The van der Waals surface area contributed by atoms with Gasteiger partial charge in [0.25, 0.3) is 0 Å². The maximum Gasteiger partial charge on any atom is 0.317 e. The van der Waals surface area contributed by atoms with Gasteiger partial charge in [-0.15, -0.1) is 0 Å². The second-order valence-corrected chi connectivity index (χ2v) is 8.77. The van der Waals surface area contributed by atoms with Crippen LogP contribution in [0.15, 0.2) is 108 Å². The first-order valence-electron chi connectivity index (χ1n) is 12.4. The molecular formula is C31H25N3O5. The maximum atomic E-state index is 12.4. The molecule has 0 bridgehead atoms. The first-order chi connectivity index (χ1) is 19.1. The van der Waals surface area contributed by atoms with Crippen LogP contribution in [0.5, 0.6) is 23.0 Å². The number of aliphatic hydroxyl groups is 1. The molecule has 0 aliphatic rings. The van der Waals surface area contributed by atoms with Gasteiger partial charge in [0.05, 0.1) is 12.7 Å². The number of hydrogen-bond acceptors (Lipinski definition) is 6. The number of carbonyl (C=O) groups is 1. The van der Waals surface area contributed by atoms with Crippen molar-refractivity contribution in [1.82, 2.24) is 0 Å². The highest BCUT2D eigenvalue weighted by atomic mass is 16.5. The lowest BCUT2D eigenvalue weighted by molar-refractivity contribution is -0.147. The molecule has 0 aliphatic heterocycles. The summed E-state index contributed by atoms with van der Waals surface area (Å²) in [4.78, 5) is 15.1. The standard InChI is InChI=1S/C31H25N3O5/c1-2-37-31(36)29(33-34-32)30(35)24-13-16-27(38-25-14-11-20-7-3-5-9-22(20)17-25)28(19-24)39-26-15-12-21-8-4-6-10-23(21)18-26/h3-19,29-30,35H,2H2,1H3. The van der Waals surface area contributed by atoms with Crippen molar-refractivity contribution < 1.29 is 24.1 Å². The van der Waals surface area contributed by atoms with Crippen LogP contribution in [0.1, 0.15) is 18.6 Å². The predicted octanol–water partition coefficient (Wildman–Crippen LogP) is 7.85. The summed E-state index contributed by atoms with van der Waals surface area (Å²) in [5, 5.41) is 18.6. The van der Waals surface area contributed by atoms with E-state index in [1.807, 2.05) is 84.9 Å². The summed E-state index contributed by atoms with van der Waals surface area (Å²) in [7, 11) is 0. The van der Waals surface area contributed by atoms with E-state index in [9.17, 15) is 9.90 Å². The largest absolute Gasteiger partial charge is 0.466 e. The monoisotopic (exact) mass is 519 g/mol. The van der Waals surface area contributed by atoms with Gasteiger partial charge in [0, 0.05) is 4.91 Å². The van der Waals surface area contributed by atoms with Crippen molar-refractivity contribution in [2.75, 3.05) is 6.61 Å². The Balaban J connectivity index is 1.53. The molecule has 0 saturated heterocycles. The van der Waals surface area contributed by atoms with Gasteiger partial charge in [-0.2, -0.15) is 0 Å². The molecule has 0 radical (unpaired) electrons. The number of azide groups is 1. The van der Waals surface area contributed by atoms with Gasteiger partial charge in [0.2, 0.25) is 0 Å². The highest BCUT2D eigenvalue weighted by molar-refractivity contribution is 5.84. The number of rotatable bonds is 9. The minimum absolute atomic E-state index is 0.0812. The van der Waals surface area contributed by atoms with Crippen molar-refractivity contribution in [3.05, 3.63) is 119 Å². The van der Waals surface area contributed by atoms with Gasteiger partial charge >= 0.3 is 5.97 Å². The van der Waals surface area contributed by atoms with Gasteiger partial charge in [-0.3, -0.25) is 4.79 Å². The zero-order valence-corrected chi connectivity index (χ0v) is 21.1. The molecule has 194 valence electrons. The molecule has 0 amide bonds. The molecule has 39 heavy (non-hydrogen) atoms. The van der Waals surface area contributed by atoms with Crippen molar-refractivity contribution in [2.45, 2.75) is 19.1 Å². The Bertz CT molecular complexity index is 1700. The lowest BCUT2D eigenvalue weighted by Gasteiger charge is -2.20. The molecule has 2 atom stereocenters. The number of aliphatic hydroxyl groups excluding tert-OH is 1. The van der Waals surface area contributed by atoms with Crippen molar-refractivity contribution in [1.29, 1.82) is 0 Å². The molecule has 0 aromatic heterocycles. The van der Waals surface area contributed by atoms with E-state index in [1.54, 1.807) is 25.1 Å². The Morgan fingerprint density at radius 2 is 1.36 bits per heavy atom. The normalized spacial score (nSPS) is 12.4. The first kappa shape index (κ1) is 25.6. The highest BCUT2D eigenvalue weighted by Crippen LogP contribution is 2.39. The third-order valence-electron chi connectivity index (χ3n) is 6.21. The van der Waals surface area contributed by atoms with Crippen LogP contribution >= 0.6 is 0 Å². The quantitative estimate of drug-likeness (QED) is 0.0921. The molecule has 5 aromatic carbocycles. The Morgan fingerprint density at radius 3 is 1.92 bits per heavy atom. The average molecular weight is 520 g/mol. The SMILES string of the molecule is CCOC(=O)C(N=[N+]=[N-])C(O)c1ccc(Oc2ccc3ccccc3c2)c(Oc2ccc3ccccc3c2)c1. The summed E-state index contributed by atoms with van der Waals surface area (Å²) in [6.07, 6.45) is -1.46.